The minimum absolute atomic E-state index is 0. The van der Waals surface area contributed by atoms with Gasteiger partial charge in [-0.2, -0.15) is 0 Å². The number of anilines is 1. The first-order chi connectivity index (χ1) is 25.4. The van der Waals surface area contributed by atoms with Gasteiger partial charge in [0, 0.05) is 35.9 Å². The largest absolute Gasteiger partial charge is 2.00 e. The van der Waals surface area contributed by atoms with E-state index >= 15 is 0 Å². The molecular formula is C39H41BrMgN4O11. The second kappa shape index (κ2) is 27.7. The summed E-state index contributed by atoms with van der Waals surface area (Å²) in [5, 5.41) is 50.1. The van der Waals surface area contributed by atoms with Gasteiger partial charge in [-0.3, -0.25) is 51.3 Å². The minimum atomic E-state index is -0.990. The van der Waals surface area contributed by atoms with Crippen molar-refractivity contribution in [2.75, 3.05) is 5.73 Å². The van der Waals surface area contributed by atoms with Gasteiger partial charge in [0.1, 0.15) is 11.9 Å². The van der Waals surface area contributed by atoms with Crippen molar-refractivity contribution in [3.63, 3.8) is 0 Å². The zero-order valence-electron chi connectivity index (χ0n) is 31.2. The number of hydrogen-bond acceptors (Lipinski definition) is 12. The minimum Gasteiger partial charge on any atom is -1.00 e. The number of carbonyl (C=O) groups is 3. The van der Waals surface area contributed by atoms with Gasteiger partial charge in [0.2, 0.25) is 0 Å². The maximum atomic E-state index is 11.3. The van der Waals surface area contributed by atoms with Crippen molar-refractivity contribution in [3.8, 4) is 5.75 Å². The van der Waals surface area contributed by atoms with Gasteiger partial charge in [-0.1, -0.05) is 43.3 Å². The number of hydrogen-bond donors (Lipinski definition) is 3. The number of nitro groups is 3. The van der Waals surface area contributed by atoms with Gasteiger partial charge in [0.25, 0.3) is 17.1 Å². The summed E-state index contributed by atoms with van der Waals surface area (Å²) in [4.78, 5) is 62.7. The number of aliphatic hydroxyl groups is 1. The van der Waals surface area contributed by atoms with Crippen LogP contribution in [-0.2, 0) is 0 Å². The van der Waals surface area contributed by atoms with Crippen LogP contribution in [-0.4, -0.2) is 65.9 Å². The van der Waals surface area contributed by atoms with Gasteiger partial charge < -0.3 is 39.5 Å². The summed E-state index contributed by atoms with van der Waals surface area (Å²) in [6.45, 7) is 20.8. The fourth-order valence-corrected chi connectivity index (χ4v) is 4.23. The molecule has 0 saturated carbocycles. The number of aldehydes is 1. The number of ketones is 2. The van der Waals surface area contributed by atoms with E-state index in [4.69, 9.17) is 10.8 Å². The molecule has 17 heteroatoms. The Morgan fingerprint density at radius 1 is 0.786 bits per heavy atom. The average Bonchev–Trinajstić information content (AvgIpc) is 3.15. The van der Waals surface area contributed by atoms with Crippen molar-refractivity contribution in [1.29, 1.82) is 0 Å². The molecule has 0 bridgehead atoms. The number of halogens is 1. The van der Waals surface area contributed by atoms with Crippen molar-refractivity contribution in [1.82, 2.24) is 0 Å². The van der Waals surface area contributed by atoms with Crippen LogP contribution in [0.15, 0.2) is 105 Å². The van der Waals surface area contributed by atoms with E-state index in [1.807, 2.05) is 6.92 Å². The second-order valence-electron chi connectivity index (χ2n) is 10.8. The Balaban J connectivity index is -0.000000652. The smallest absolute Gasteiger partial charge is 1.00 e. The van der Waals surface area contributed by atoms with Crippen molar-refractivity contribution >= 4 is 63.7 Å². The van der Waals surface area contributed by atoms with E-state index in [2.05, 4.69) is 26.3 Å². The zero-order valence-corrected chi connectivity index (χ0v) is 34.2. The number of phenols is 1. The number of allylic oxidation sites excluding steroid dienone is 1. The predicted octanol–water partition coefficient (Wildman–Crippen LogP) is 4.91. The molecule has 1 atom stereocenters. The maximum Gasteiger partial charge on any atom is 2.00 e. The van der Waals surface area contributed by atoms with Gasteiger partial charge in [0.15, 0.2) is 17.9 Å². The van der Waals surface area contributed by atoms with E-state index < -0.39 is 26.7 Å². The number of aromatic hydroxyl groups is 1. The van der Waals surface area contributed by atoms with Gasteiger partial charge in [0.05, 0.1) is 31.5 Å². The summed E-state index contributed by atoms with van der Waals surface area (Å²) in [7, 11) is 0. The van der Waals surface area contributed by atoms with Crippen LogP contribution in [0.3, 0.4) is 0 Å². The first-order valence-corrected chi connectivity index (χ1v) is 15.6. The van der Waals surface area contributed by atoms with Crippen LogP contribution >= 0.6 is 0 Å². The molecule has 0 heterocycles. The topological polar surface area (TPSA) is 247 Å². The van der Waals surface area contributed by atoms with E-state index in [1.165, 1.54) is 54.6 Å². The molecule has 4 aromatic rings. The van der Waals surface area contributed by atoms with E-state index in [-0.39, 0.29) is 85.3 Å². The standard InChI is InChI=1S/C10H11NO3.C10H9NO3.C9H11NO2.C8H7NO3.C2H3.BrH.Mg/c2*1-3-10(12)8-6-7(2)4-5-9(8)11(13)14;1-2-9(12)7-5-6(11)3-4-8(7)10;1-6-2-3-8(9(11)12)7(4-6)5-10;1-2;;/h3-6,10,12H,1H2,2H3;3-6H,1H2,2H3;3-5,11H,2,10H2,1H3;2-5H,1H3;1H,2H2;1H;/q;;;;-1;;+2/p-1. The van der Waals surface area contributed by atoms with Crippen molar-refractivity contribution in [2.24, 2.45) is 0 Å². The van der Waals surface area contributed by atoms with E-state index in [1.54, 1.807) is 45.0 Å². The number of rotatable bonds is 10. The molecule has 0 aliphatic carbocycles. The van der Waals surface area contributed by atoms with Gasteiger partial charge >= 0.3 is 23.1 Å². The molecule has 0 aliphatic rings. The fraction of sp³-hybridized carbons (Fsp3) is 0.154. The van der Waals surface area contributed by atoms with E-state index in [0.717, 1.165) is 22.8 Å². The molecule has 0 aromatic heterocycles. The Kier molecular flexibility index (Phi) is 26.9. The normalized spacial score (nSPS) is 9.59. The number of phenolic OH excluding ortho intramolecular Hbond substituents is 1. The second-order valence-corrected chi connectivity index (χ2v) is 10.8. The molecule has 56 heavy (non-hydrogen) atoms. The summed E-state index contributed by atoms with van der Waals surface area (Å²) in [6.07, 6.45) is 2.23. The number of nitro benzene ring substituents is 3. The summed E-state index contributed by atoms with van der Waals surface area (Å²) < 4.78 is 0. The monoisotopic (exact) mass is 844 g/mol. The quantitative estimate of drug-likeness (QED) is 0.0184. The first kappa shape index (κ1) is 54.5. The molecule has 0 saturated heterocycles. The van der Waals surface area contributed by atoms with Crippen LogP contribution < -0.4 is 22.7 Å². The number of nitrogens with zero attached hydrogens (tertiary/aromatic N) is 3. The number of aliphatic hydroxyl groups excluding tert-OH is 1. The molecule has 0 aliphatic heterocycles. The molecule has 292 valence electrons. The molecular weight excluding hydrogens is 805 g/mol. The molecule has 4 aromatic carbocycles. The predicted molar refractivity (Wildman–Crippen MR) is 211 cm³/mol. The molecule has 0 amide bonds. The summed E-state index contributed by atoms with van der Waals surface area (Å²) in [5.74, 6) is -0.412. The van der Waals surface area contributed by atoms with Crippen LogP contribution in [0.2, 0.25) is 0 Å². The molecule has 1 unspecified atom stereocenters. The van der Waals surface area contributed by atoms with E-state index in [0.29, 0.717) is 24.0 Å². The van der Waals surface area contributed by atoms with Crippen molar-refractivity contribution in [3.05, 3.63) is 181 Å². The third-order valence-corrected chi connectivity index (χ3v) is 6.89. The number of nitrogens with two attached hydrogens (primary N) is 1. The number of benzene rings is 4. The third kappa shape index (κ3) is 17.5. The Morgan fingerprint density at radius 2 is 1.25 bits per heavy atom. The van der Waals surface area contributed by atoms with Crippen LogP contribution in [0.5, 0.6) is 5.75 Å². The molecule has 4 rings (SSSR count). The summed E-state index contributed by atoms with van der Waals surface area (Å²) in [6, 6.07) is 17.8. The van der Waals surface area contributed by atoms with Crippen LogP contribution in [0, 0.1) is 57.7 Å². The zero-order chi connectivity index (χ0) is 41.7. The number of nitrogen functional groups attached to an aromatic ring is 1. The third-order valence-electron chi connectivity index (χ3n) is 6.89. The molecule has 0 radical (unpaired) electrons. The molecule has 4 N–H and O–H groups in total. The summed E-state index contributed by atoms with van der Waals surface area (Å²) >= 11 is 0. The van der Waals surface area contributed by atoms with E-state index in [9.17, 15) is 49.8 Å². The molecule has 15 nitrogen and oxygen atoms in total. The molecule has 0 fully saturated rings. The van der Waals surface area contributed by atoms with Gasteiger partial charge in [-0.25, -0.2) is 0 Å². The number of aryl methyl sites for hydroxylation is 3. The fourth-order valence-electron chi connectivity index (χ4n) is 4.23. The van der Waals surface area contributed by atoms with Crippen molar-refractivity contribution in [2.45, 2.75) is 40.2 Å². The van der Waals surface area contributed by atoms with Crippen LogP contribution in [0.25, 0.3) is 0 Å². The molecule has 0 spiro atoms. The van der Waals surface area contributed by atoms with Crippen LogP contribution in [0.4, 0.5) is 22.7 Å². The average molecular weight is 846 g/mol. The Morgan fingerprint density at radius 3 is 1.70 bits per heavy atom. The van der Waals surface area contributed by atoms with Crippen molar-refractivity contribution < 1.29 is 56.3 Å². The SMILES string of the molecule is C=CC(=O)c1cc(C)ccc1[N+](=O)[O-].C=CC(O)c1cc(C)ccc1[N+](=O)[O-].CCC(=O)c1cc(O)ccc1N.Cc1ccc([N+](=O)[O-])c(C=O)c1.[Br-].[CH-]=C.[Mg+2]. The Hall–Kier alpha value is -5.88. The maximum absolute atomic E-state index is 11.3. The number of carbonyl (C=O) groups excluding carboxylic acids is 3. The van der Waals surface area contributed by atoms with Gasteiger partial charge in [-0.05, 0) is 74.4 Å². The van der Waals surface area contributed by atoms with Gasteiger partial charge in [-0.15, -0.1) is 6.58 Å². The first-order valence-electron chi connectivity index (χ1n) is 15.6. The van der Waals surface area contributed by atoms with Crippen LogP contribution in [0.1, 0.15) is 72.8 Å². The Labute approximate surface area is 350 Å². The number of Topliss-reactive ketones (excluding diaryl/α,β-unsaturated/α-hetero) is 1. The Bertz CT molecular complexity index is 2020. The summed E-state index contributed by atoms with van der Waals surface area (Å²) in [5.41, 5.74) is 8.95.